The third kappa shape index (κ3) is 2.88. The number of nitrogens with zero attached hydrogens (tertiary/aromatic N) is 1. The minimum Gasteiger partial charge on any atom is -0.464 e. The molecule has 0 saturated carbocycles. The highest BCUT2D eigenvalue weighted by atomic mass is 79.9. The normalized spacial score (nSPS) is 10.2. The average Bonchev–Trinajstić information content (AvgIpc) is 2.81. The van der Waals surface area contributed by atoms with Crippen molar-refractivity contribution in [1.82, 2.24) is 4.98 Å². The molecule has 0 saturated heterocycles. The van der Waals surface area contributed by atoms with Crippen LogP contribution in [0.2, 0.25) is 0 Å². The predicted octanol–water partition coefficient (Wildman–Crippen LogP) is 3.74. The van der Waals surface area contributed by atoms with E-state index in [2.05, 4.69) is 31.0 Å². The summed E-state index contributed by atoms with van der Waals surface area (Å²) in [6.45, 7) is 2.02. The van der Waals surface area contributed by atoms with Crippen LogP contribution in [0.5, 0.6) is 0 Å². The Morgan fingerprint density at radius 1 is 1.50 bits per heavy atom. The summed E-state index contributed by atoms with van der Waals surface area (Å²) in [4.78, 5) is 15.4. The lowest BCUT2D eigenvalue weighted by Crippen LogP contribution is -2.01. The zero-order chi connectivity index (χ0) is 13.1. The first-order valence-corrected chi connectivity index (χ1v) is 6.84. The molecule has 0 aliphatic rings. The Labute approximate surface area is 117 Å². The van der Waals surface area contributed by atoms with Gasteiger partial charge in [0.25, 0.3) is 0 Å². The second-order valence-corrected chi connectivity index (χ2v) is 5.33. The van der Waals surface area contributed by atoms with Gasteiger partial charge in [-0.2, -0.15) is 0 Å². The van der Waals surface area contributed by atoms with Crippen LogP contribution in [0.25, 0.3) is 0 Å². The fraction of sp³-hybridized carbons (Fsp3) is 0.167. The number of hydrogen-bond acceptors (Lipinski definition) is 5. The number of methoxy groups -OCH3 is 1. The Bertz CT molecular complexity index is 583. The van der Waals surface area contributed by atoms with Crippen LogP contribution in [-0.2, 0) is 4.74 Å². The van der Waals surface area contributed by atoms with Gasteiger partial charge in [0.15, 0.2) is 10.8 Å². The molecular weight excluding hydrogens is 316 g/mol. The van der Waals surface area contributed by atoms with Crippen LogP contribution in [0, 0.1) is 6.92 Å². The number of halogens is 1. The van der Waals surface area contributed by atoms with E-state index in [-0.39, 0.29) is 0 Å². The molecule has 0 bridgehead atoms. The minimum absolute atomic E-state index is 0.316. The third-order valence-corrected chi connectivity index (χ3v) is 3.93. The Morgan fingerprint density at radius 2 is 2.28 bits per heavy atom. The quantitative estimate of drug-likeness (QED) is 0.873. The van der Waals surface area contributed by atoms with Crippen molar-refractivity contribution in [3.8, 4) is 0 Å². The molecule has 0 fully saturated rings. The highest BCUT2D eigenvalue weighted by Gasteiger charge is 2.10. The first-order chi connectivity index (χ1) is 8.60. The van der Waals surface area contributed by atoms with Gasteiger partial charge in [-0.25, -0.2) is 9.78 Å². The molecule has 94 valence electrons. The van der Waals surface area contributed by atoms with E-state index in [9.17, 15) is 4.79 Å². The van der Waals surface area contributed by atoms with Crippen molar-refractivity contribution < 1.29 is 9.53 Å². The molecule has 0 radical (unpaired) electrons. The van der Waals surface area contributed by atoms with Crippen molar-refractivity contribution in [2.24, 2.45) is 0 Å². The van der Waals surface area contributed by atoms with Gasteiger partial charge in [0.05, 0.1) is 7.11 Å². The average molecular weight is 327 g/mol. The van der Waals surface area contributed by atoms with Gasteiger partial charge in [0, 0.05) is 15.5 Å². The van der Waals surface area contributed by atoms with Crippen molar-refractivity contribution >= 4 is 44.1 Å². The first kappa shape index (κ1) is 13.0. The van der Waals surface area contributed by atoms with E-state index in [1.165, 1.54) is 18.4 Å². The molecule has 1 aromatic carbocycles. The molecule has 0 unspecified atom stereocenters. The standard InChI is InChI=1S/C12H11BrN2O2S/c1-7-3-4-8(5-9(7)13)14-12-15-10(6-18-12)11(16)17-2/h3-6H,1-2H3,(H,14,15). The molecular formula is C12H11BrN2O2S. The van der Waals surface area contributed by atoms with Gasteiger partial charge in [0.1, 0.15) is 0 Å². The zero-order valence-electron chi connectivity index (χ0n) is 9.86. The van der Waals surface area contributed by atoms with Gasteiger partial charge < -0.3 is 10.1 Å². The lowest BCUT2D eigenvalue weighted by atomic mass is 10.2. The number of hydrogen-bond donors (Lipinski definition) is 1. The molecule has 4 nitrogen and oxygen atoms in total. The summed E-state index contributed by atoms with van der Waals surface area (Å²) in [5.74, 6) is -0.426. The monoisotopic (exact) mass is 326 g/mol. The molecule has 1 N–H and O–H groups in total. The molecule has 0 amide bonds. The van der Waals surface area contributed by atoms with E-state index >= 15 is 0 Å². The molecule has 2 aromatic rings. The largest absolute Gasteiger partial charge is 0.464 e. The summed E-state index contributed by atoms with van der Waals surface area (Å²) in [5.41, 5.74) is 2.39. The first-order valence-electron chi connectivity index (χ1n) is 5.17. The Kier molecular flexibility index (Phi) is 3.98. The Balaban J connectivity index is 2.16. The maximum absolute atomic E-state index is 11.3. The summed E-state index contributed by atoms with van der Waals surface area (Å²) in [6.07, 6.45) is 0. The number of thiazole rings is 1. The van der Waals surface area contributed by atoms with E-state index < -0.39 is 5.97 Å². The lowest BCUT2D eigenvalue weighted by molar-refractivity contribution is 0.0595. The number of ether oxygens (including phenoxy) is 1. The molecule has 0 atom stereocenters. The maximum atomic E-state index is 11.3. The van der Waals surface area contributed by atoms with Crippen LogP contribution < -0.4 is 5.32 Å². The second kappa shape index (κ2) is 5.49. The molecule has 1 heterocycles. The number of nitrogens with one attached hydrogen (secondary N) is 1. The topological polar surface area (TPSA) is 51.2 Å². The number of anilines is 2. The van der Waals surface area contributed by atoms with Crippen molar-refractivity contribution in [3.63, 3.8) is 0 Å². The van der Waals surface area contributed by atoms with Crippen LogP contribution in [0.1, 0.15) is 16.1 Å². The summed E-state index contributed by atoms with van der Waals surface area (Å²) in [5, 5.41) is 5.46. The SMILES string of the molecule is COC(=O)c1csc(Nc2ccc(C)c(Br)c2)n1. The molecule has 2 rings (SSSR count). The smallest absolute Gasteiger partial charge is 0.357 e. The van der Waals surface area contributed by atoms with E-state index in [4.69, 9.17) is 0 Å². The van der Waals surface area contributed by atoms with E-state index in [1.54, 1.807) is 5.38 Å². The van der Waals surface area contributed by atoms with Crippen LogP contribution in [0.15, 0.2) is 28.1 Å². The minimum atomic E-state index is -0.426. The highest BCUT2D eigenvalue weighted by Crippen LogP contribution is 2.25. The van der Waals surface area contributed by atoms with Gasteiger partial charge in [-0.05, 0) is 24.6 Å². The number of esters is 1. The highest BCUT2D eigenvalue weighted by molar-refractivity contribution is 9.10. The van der Waals surface area contributed by atoms with E-state index in [0.29, 0.717) is 10.8 Å². The van der Waals surface area contributed by atoms with Gasteiger partial charge in [-0.1, -0.05) is 22.0 Å². The molecule has 1 aromatic heterocycles. The Morgan fingerprint density at radius 3 is 2.94 bits per heavy atom. The Hall–Kier alpha value is -1.40. The molecule has 0 aliphatic carbocycles. The number of carbonyl (C=O) groups excluding carboxylic acids is 1. The van der Waals surface area contributed by atoms with E-state index in [1.807, 2.05) is 25.1 Å². The number of aromatic nitrogens is 1. The molecule has 18 heavy (non-hydrogen) atoms. The number of carbonyl (C=O) groups is 1. The zero-order valence-corrected chi connectivity index (χ0v) is 12.3. The van der Waals surface area contributed by atoms with Crippen molar-refractivity contribution in [3.05, 3.63) is 39.3 Å². The predicted molar refractivity (Wildman–Crippen MR) is 75.6 cm³/mol. The number of aryl methyl sites for hydroxylation is 1. The van der Waals surface area contributed by atoms with Crippen LogP contribution in [0.3, 0.4) is 0 Å². The van der Waals surface area contributed by atoms with Crippen molar-refractivity contribution in [2.75, 3.05) is 12.4 Å². The van der Waals surface area contributed by atoms with Gasteiger partial charge in [0.2, 0.25) is 0 Å². The lowest BCUT2D eigenvalue weighted by Gasteiger charge is -2.04. The van der Waals surface area contributed by atoms with Crippen LogP contribution in [0.4, 0.5) is 10.8 Å². The maximum Gasteiger partial charge on any atom is 0.357 e. The number of benzene rings is 1. The summed E-state index contributed by atoms with van der Waals surface area (Å²) < 4.78 is 5.63. The summed E-state index contributed by atoms with van der Waals surface area (Å²) >= 11 is 4.83. The van der Waals surface area contributed by atoms with Gasteiger partial charge in [-0.3, -0.25) is 0 Å². The van der Waals surface area contributed by atoms with Gasteiger partial charge in [-0.15, -0.1) is 11.3 Å². The molecule has 6 heteroatoms. The second-order valence-electron chi connectivity index (χ2n) is 3.62. The van der Waals surface area contributed by atoms with Crippen molar-refractivity contribution in [1.29, 1.82) is 0 Å². The summed E-state index contributed by atoms with van der Waals surface area (Å²) in [7, 11) is 1.34. The fourth-order valence-corrected chi connectivity index (χ4v) is 2.40. The summed E-state index contributed by atoms with van der Waals surface area (Å²) in [6, 6.07) is 5.93. The van der Waals surface area contributed by atoms with Gasteiger partial charge >= 0.3 is 5.97 Å². The van der Waals surface area contributed by atoms with Crippen LogP contribution >= 0.6 is 27.3 Å². The third-order valence-electron chi connectivity index (χ3n) is 2.32. The number of rotatable bonds is 3. The molecule has 0 spiro atoms. The van der Waals surface area contributed by atoms with E-state index in [0.717, 1.165) is 15.7 Å². The van der Waals surface area contributed by atoms with Crippen molar-refractivity contribution in [2.45, 2.75) is 6.92 Å². The van der Waals surface area contributed by atoms with Crippen LogP contribution in [-0.4, -0.2) is 18.1 Å². The molecule has 0 aliphatic heterocycles. The fourth-order valence-electron chi connectivity index (χ4n) is 1.32.